The Labute approximate surface area is 233 Å². The molecule has 1 aliphatic heterocycles. The summed E-state index contributed by atoms with van der Waals surface area (Å²) in [6, 6.07) is 19.9. The molecule has 0 bridgehead atoms. The van der Waals surface area contributed by atoms with Crippen LogP contribution < -0.4 is 10.2 Å². The molecule has 0 unspecified atom stereocenters. The molecule has 200 valence electrons. The first kappa shape index (κ1) is 26.7. The Morgan fingerprint density at radius 1 is 1.03 bits per heavy atom. The van der Waals surface area contributed by atoms with Crippen LogP contribution in [0.1, 0.15) is 39.9 Å². The van der Waals surface area contributed by atoms with Crippen LogP contribution in [0.25, 0.3) is 11.3 Å². The number of rotatable bonds is 7. The molecule has 7 nitrogen and oxygen atoms in total. The average molecular weight is 543 g/mol. The number of aromatic nitrogens is 2. The summed E-state index contributed by atoms with van der Waals surface area (Å²) in [5, 5.41) is 23.8. The van der Waals surface area contributed by atoms with E-state index in [0.29, 0.717) is 18.2 Å². The highest BCUT2D eigenvalue weighted by Gasteiger charge is 2.22. The summed E-state index contributed by atoms with van der Waals surface area (Å²) < 4.78 is 0. The van der Waals surface area contributed by atoms with Crippen LogP contribution >= 0.6 is 11.6 Å². The number of benzene rings is 3. The average Bonchev–Trinajstić information content (AvgIpc) is 2.94. The SMILES string of the molecule is Cc1cnc(Cl)nc1-c1ccc(N(Cc2cccc(CC3CCNCC3)c2)C(=O)c2ccc(O)cc2O)cc1. The van der Waals surface area contributed by atoms with Crippen LogP contribution in [0, 0.1) is 12.8 Å². The molecule has 3 N–H and O–H groups in total. The van der Waals surface area contributed by atoms with Crippen molar-refractivity contribution >= 4 is 23.2 Å². The number of nitrogens with zero attached hydrogens (tertiary/aromatic N) is 3. The van der Waals surface area contributed by atoms with Gasteiger partial charge in [-0.2, -0.15) is 0 Å². The minimum atomic E-state index is -0.370. The Morgan fingerprint density at radius 2 is 1.77 bits per heavy atom. The number of carbonyl (C=O) groups is 1. The van der Waals surface area contributed by atoms with Crippen molar-refractivity contribution in [2.75, 3.05) is 18.0 Å². The van der Waals surface area contributed by atoms with Crippen LogP contribution in [0.5, 0.6) is 11.5 Å². The quantitative estimate of drug-likeness (QED) is 0.251. The molecule has 39 heavy (non-hydrogen) atoms. The molecule has 0 spiro atoms. The monoisotopic (exact) mass is 542 g/mol. The molecule has 4 aromatic rings. The van der Waals surface area contributed by atoms with Gasteiger partial charge >= 0.3 is 0 Å². The Kier molecular flexibility index (Phi) is 8.10. The lowest BCUT2D eigenvalue weighted by Gasteiger charge is -2.25. The van der Waals surface area contributed by atoms with Crippen LogP contribution in [0.15, 0.2) is 72.9 Å². The van der Waals surface area contributed by atoms with Crippen LogP contribution in [0.4, 0.5) is 5.69 Å². The first-order valence-electron chi connectivity index (χ1n) is 13.1. The van der Waals surface area contributed by atoms with E-state index in [2.05, 4.69) is 27.4 Å². The lowest BCUT2D eigenvalue weighted by Crippen LogP contribution is -2.30. The lowest BCUT2D eigenvalue weighted by molar-refractivity contribution is 0.0982. The molecular formula is C31H31ClN4O3. The van der Waals surface area contributed by atoms with Gasteiger partial charge in [-0.05, 0) is 97.8 Å². The molecule has 1 fully saturated rings. The zero-order valence-electron chi connectivity index (χ0n) is 21.8. The highest BCUT2D eigenvalue weighted by molar-refractivity contribution is 6.28. The van der Waals surface area contributed by atoms with Crippen molar-refractivity contribution in [1.82, 2.24) is 15.3 Å². The molecule has 2 heterocycles. The van der Waals surface area contributed by atoms with E-state index in [1.807, 2.05) is 43.3 Å². The lowest BCUT2D eigenvalue weighted by atomic mass is 9.90. The van der Waals surface area contributed by atoms with Crippen LogP contribution in [0.2, 0.25) is 5.28 Å². The highest BCUT2D eigenvalue weighted by Crippen LogP contribution is 2.30. The predicted octanol–water partition coefficient (Wildman–Crippen LogP) is 5.91. The van der Waals surface area contributed by atoms with Crippen molar-refractivity contribution in [1.29, 1.82) is 0 Å². The number of anilines is 1. The molecule has 0 aliphatic carbocycles. The van der Waals surface area contributed by atoms with E-state index < -0.39 is 0 Å². The van der Waals surface area contributed by atoms with Gasteiger partial charge in [0.25, 0.3) is 5.91 Å². The molecule has 1 aliphatic rings. The second-order valence-electron chi connectivity index (χ2n) is 10.0. The normalized spacial score (nSPS) is 13.8. The molecule has 8 heteroatoms. The third-order valence-electron chi connectivity index (χ3n) is 7.17. The largest absolute Gasteiger partial charge is 0.508 e. The van der Waals surface area contributed by atoms with E-state index in [1.54, 1.807) is 11.1 Å². The summed E-state index contributed by atoms with van der Waals surface area (Å²) in [5.41, 5.74) is 5.49. The minimum absolute atomic E-state index is 0.107. The first-order valence-corrected chi connectivity index (χ1v) is 13.5. The van der Waals surface area contributed by atoms with E-state index in [9.17, 15) is 15.0 Å². The van der Waals surface area contributed by atoms with Crippen LogP contribution in [-0.4, -0.2) is 39.2 Å². The van der Waals surface area contributed by atoms with E-state index in [0.717, 1.165) is 41.9 Å². The van der Waals surface area contributed by atoms with Gasteiger partial charge in [-0.25, -0.2) is 9.97 Å². The van der Waals surface area contributed by atoms with Crippen LogP contribution in [0.3, 0.4) is 0 Å². The van der Waals surface area contributed by atoms with Gasteiger partial charge in [0.15, 0.2) is 0 Å². The molecule has 0 saturated carbocycles. The summed E-state index contributed by atoms with van der Waals surface area (Å²) in [6.45, 7) is 4.34. The van der Waals surface area contributed by atoms with E-state index in [-0.39, 0.29) is 28.3 Å². The number of aromatic hydroxyl groups is 2. The summed E-state index contributed by atoms with van der Waals surface area (Å²) in [7, 11) is 0. The number of phenols is 2. The number of phenolic OH excluding ortho intramolecular Hbond substituents is 2. The topological polar surface area (TPSA) is 98.6 Å². The molecule has 3 aromatic carbocycles. The predicted molar refractivity (Wildman–Crippen MR) is 153 cm³/mol. The number of halogens is 1. The van der Waals surface area contributed by atoms with Gasteiger partial charge < -0.3 is 20.4 Å². The zero-order valence-corrected chi connectivity index (χ0v) is 22.5. The molecule has 1 saturated heterocycles. The molecule has 0 atom stereocenters. The fourth-order valence-corrected chi connectivity index (χ4v) is 5.23. The second kappa shape index (κ2) is 11.8. The molecular weight excluding hydrogens is 512 g/mol. The van der Waals surface area contributed by atoms with Gasteiger partial charge in [0, 0.05) is 23.5 Å². The Morgan fingerprint density at radius 3 is 2.51 bits per heavy atom. The van der Waals surface area contributed by atoms with Crippen molar-refractivity contribution in [3.05, 3.63) is 100 Å². The Hall–Kier alpha value is -3.94. The maximum absolute atomic E-state index is 13.8. The standard InChI is InChI=1S/C31H31ClN4O3/c1-20-18-34-31(32)35-29(20)24-5-7-25(8-6-24)36(30(39)27-10-9-26(37)17-28(27)38)19-23-4-2-3-22(16-23)15-21-11-13-33-14-12-21/h2-10,16-18,21,33,37-38H,11-15,19H2,1H3. The summed E-state index contributed by atoms with van der Waals surface area (Å²) in [6.07, 6.45) is 5.02. The van der Waals surface area contributed by atoms with Gasteiger partial charge in [0.05, 0.1) is 17.8 Å². The second-order valence-corrected chi connectivity index (χ2v) is 10.4. The van der Waals surface area contributed by atoms with Crippen molar-refractivity contribution in [3.8, 4) is 22.8 Å². The summed E-state index contributed by atoms with van der Waals surface area (Å²) >= 11 is 6.03. The van der Waals surface area contributed by atoms with Gasteiger partial charge in [-0.3, -0.25) is 4.79 Å². The van der Waals surface area contributed by atoms with Gasteiger partial charge in [-0.1, -0.05) is 36.4 Å². The van der Waals surface area contributed by atoms with Crippen molar-refractivity contribution in [2.24, 2.45) is 5.92 Å². The number of nitrogens with one attached hydrogen (secondary N) is 1. The Balaban J connectivity index is 1.46. The molecule has 0 radical (unpaired) electrons. The summed E-state index contributed by atoms with van der Waals surface area (Å²) in [4.78, 5) is 23.8. The fourth-order valence-electron chi connectivity index (χ4n) is 5.10. The molecule has 1 amide bonds. The first-order chi connectivity index (χ1) is 18.9. The van der Waals surface area contributed by atoms with E-state index in [4.69, 9.17) is 11.6 Å². The number of amides is 1. The van der Waals surface area contributed by atoms with Crippen molar-refractivity contribution < 1.29 is 15.0 Å². The zero-order chi connectivity index (χ0) is 27.4. The smallest absolute Gasteiger partial charge is 0.262 e. The summed E-state index contributed by atoms with van der Waals surface area (Å²) in [5.74, 6) is -0.0956. The number of hydrogen-bond acceptors (Lipinski definition) is 6. The van der Waals surface area contributed by atoms with E-state index >= 15 is 0 Å². The van der Waals surface area contributed by atoms with Gasteiger partial charge in [0.1, 0.15) is 11.5 Å². The third kappa shape index (κ3) is 6.38. The van der Waals surface area contributed by atoms with Gasteiger partial charge in [0.2, 0.25) is 5.28 Å². The number of aryl methyl sites for hydroxylation is 1. The maximum Gasteiger partial charge on any atom is 0.262 e. The number of hydrogen-bond donors (Lipinski definition) is 3. The highest BCUT2D eigenvalue weighted by atomic mass is 35.5. The number of carbonyl (C=O) groups excluding carboxylic acids is 1. The van der Waals surface area contributed by atoms with E-state index in [1.165, 1.54) is 36.6 Å². The van der Waals surface area contributed by atoms with Crippen molar-refractivity contribution in [3.63, 3.8) is 0 Å². The third-order valence-corrected chi connectivity index (χ3v) is 7.35. The van der Waals surface area contributed by atoms with Crippen LogP contribution in [-0.2, 0) is 13.0 Å². The minimum Gasteiger partial charge on any atom is -0.508 e. The van der Waals surface area contributed by atoms with Gasteiger partial charge in [-0.15, -0.1) is 0 Å². The van der Waals surface area contributed by atoms with Crippen molar-refractivity contribution in [2.45, 2.75) is 32.7 Å². The number of piperidine rings is 1. The Bertz CT molecular complexity index is 1470. The fraction of sp³-hybridized carbons (Fsp3) is 0.258. The molecule has 1 aromatic heterocycles. The maximum atomic E-state index is 13.8. The molecule has 5 rings (SSSR count).